The van der Waals surface area contributed by atoms with Crippen molar-refractivity contribution in [3.63, 3.8) is 0 Å². The molecule has 0 aliphatic carbocycles. The first-order chi connectivity index (χ1) is 9.00. The second-order valence-electron chi connectivity index (χ2n) is 4.36. The van der Waals surface area contributed by atoms with Gasteiger partial charge in [-0.1, -0.05) is 6.07 Å². The van der Waals surface area contributed by atoms with Crippen LogP contribution in [0, 0.1) is 13.8 Å². The minimum atomic E-state index is -1.20. The van der Waals surface area contributed by atoms with Crippen LogP contribution >= 0.6 is 0 Å². The van der Waals surface area contributed by atoms with Crippen LogP contribution in [0.4, 0.5) is 0 Å². The molecule has 0 aliphatic rings. The molecule has 0 atom stereocenters. The van der Waals surface area contributed by atoms with E-state index < -0.39 is 11.5 Å². The molecule has 2 rings (SSSR count). The lowest BCUT2D eigenvalue weighted by Gasteiger charge is -2.12. The second-order valence-corrected chi connectivity index (χ2v) is 4.36. The van der Waals surface area contributed by atoms with Gasteiger partial charge in [0, 0.05) is 11.9 Å². The molecule has 2 heterocycles. The van der Waals surface area contributed by atoms with Gasteiger partial charge in [-0.2, -0.15) is 0 Å². The average Bonchev–Trinajstić information content (AvgIpc) is 2.35. The first-order valence-electron chi connectivity index (χ1n) is 5.85. The summed E-state index contributed by atoms with van der Waals surface area (Å²) >= 11 is 0. The zero-order chi connectivity index (χ0) is 14.0. The first kappa shape index (κ1) is 13.0. The van der Waals surface area contributed by atoms with Crippen LogP contribution in [-0.2, 0) is 6.54 Å². The fourth-order valence-electron chi connectivity index (χ4n) is 2.04. The van der Waals surface area contributed by atoms with Gasteiger partial charge in [0.25, 0.3) is 5.56 Å². The number of nitrogens with zero attached hydrogens (tertiary/aromatic N) is 2. The Morgan fingerprint density at radius 1 is 1.37 bits per heavy atom. The second kappa shape index (κ2) is 5.06. The van der Waals surface area contributed by atoms with E-state index in [1.54, 1.807) is 38.2 Å². The summed E-state index contributed by atoms with van der Waals surface area (Å²) < 4.78 is 1.43. The fraction of sp³-hybridized carbons (Fsp3) is 0.214. The summed E-state index contributed by atoms with van der Waals surface area (Å²) in [6, 6.07) is 7.12. The van der Waals surface area contributed by atoms with Gasteiger partial charge in [0.05, 0.1) is 12.2 Å². The summed E-state index contributed by atoms with van der Waals surface area (Å²) in [5.41, 5.74) is 1.25. The number of aryl methyl sites for hydroxylation is 2. The highest BCUT2D eigenvalue weighted by atomic mass is 16.4. The number of aromatic carboxylic acids is 1. The van der Waals surface area contributed by atoms with E-state index in [2.05, 4.69) is 4.98 Å². The molecule has 0 saturated carbocycles. The van der Waals surface area contributed by atoms with Crippen LogP contribution in [0.1, 0.15) is 27.3 Å². The lowest BCUT2D eigenvalue weighted by Crippen LogP contribution is -2.29. The van der Waals surface area contributed by atoms with Gasteiger partial charge in [-0.05, 0) is 37.6 Å². The standard InChI is InChI=1S/C14H14N2O3/c1-9-7-10(2)16(13(17)12(9)14(18)19)8-11-5-3-4-6-15-11/h3-7H,8H2,1-2H3,(H,18,19). The molecule has 0 aliphatic heterocycles. The van der Waals surface area contributed by atoms with Gasteiger partial charge >= 0.3 is 5.97 Å². The van der Waals surface area contributed by atoms with Crippen molar-refractivity contribution in [2.24, 2.45) is 0 Å². The van der Waals surface area contributed by atoms with Crippen molar-refractivity contribution < 1.29 is 9.90 Å². The predicted molar refractivity (Wildman–Crippen MR) is 70.5 cm³/mol. The van der Waals surface area contributed by atoms with Gasteiger partial charge in [0.1, 0.15) is 5.56 Å². The molecule has 0 unspecified atom stereocenters. The van der Waals surface area contributed by atoms with Gasteiger partial charge < -0.3 is 9.67 Å². The Bertz CT molecular complexity index is 675. The minimum Gasteiger partial charge on any atom is -0.477 e. The highest BCUT2D eigenvalue weighted by Crippen LogP contribution is 2.08. The van der Waals surface area contributed by atoms with Crippen molar-refractivity contribution in [3.8, 4) is 0 Å². The first-order valence-corrected chi connectivity index (χ1v) is 5.85. The molecule has 0 saturated heterocycles. The van der Waals surface area contributed by atoms with Crippen LogP contribution in [-0.4, -0.2) is 20.6 Å². The Balaban J connectivity index is 2.55. The Hall–Kier alpha value is -2.43. The maximum atomic E-state index is 12.2. The van der Waals surface area contributed by atoms with Gasteiger partial charge in [0.15, 0.2) is 0 Å². The van der Waals surface area contributed by atoms with Crippen LogP contribution in [0.25, 0.3) is 0 Å². The maximum absolute atomic E-state index is 12.2. The van der Waals surface area contributed by atoms with Gasteiger partial charge in [-0.15, -0.1) is 0 Å². The van der Waals surface area contributed by atoms with Crippen LogP contribution in [0.2, 0.25) is 0 Å². The third-order valence-corrected chi connectivity index (χ3v) is 2.96. The molecule has 1 N–H and O–H groups in total. The maximum Gasteiger partial charge on any atom is 0.341 e. The molecule has 0 fully saturated rings. The number of carboxylic acid groups (broad SMARTS) is 1. The SMILES string of the molecule is Cc1cc(C)n(Cc2ccccn2)c(=O)c1C(=O)O. The topological polar surface area (TPSA) is 72.2 Å². The van der Waals surface area contributed by atoms with Crippen LogP contribution in [0.15, 0.2) is 35.3 Å². The van der Waals surface area contributed by atoms with Crippen LogP contribution < -0.4 is 5.56 Å². The summed E-state index contributed by atoms with van der Waals surface area (Å²) in [6.45, 7) is 3.68. The Morgan fingerprint density at radius 3 is 2.68 bits per heavy atom. The van der Waals surface area contributed by atoms with E-state index in [9.17, 15) is 9.59 Å². The largest absolute Gasteiger partial charge is 0.477 e. The van der Waals surface area contributed by atoms with Crippen molar-refractivity contribution >= 4 is 5.97 Å². The monoisotopic (exact) mass is 258 g/mol. The summed E-state index contributed by atoms with van der Waals surface area (Å²) in [6.07, 6.45) is 1.64. The Morgan fingerprint density at radius 2 is 2.11 bits per heavy atom. The van der Waals surface area contributed by atoms with Gasteiger partial charge in [0.2, 0.25) is 0 Å². The van der Waals surface area contributed by atoms with E-state index in [0.29, 0.717) is 11.3 Å². The summed E-state index contributed by atoms with van der Waals surface area (Å²) in [5.74, 6) is -1.20. The highest BCUT2D eigenvalue weighted by Gasteiger charge is 2.16. The molecule has 2 aromatic heterocycles. The van der Waals surface area contributed by atoms with Crippen LogP contribution in [0.3, 0.4) is 0 Å². The van der Waals surface area contributed by atoms with Crippen molar-refractivity contribution in [1.29, 1.82) is 0 Å². The smallest absolute Gasteiger partial charge is 0.341 e. The van der Waals surface area contributed by atoms with Gasteiger partial charge in [-0.3, -0.25) is 9.78 Å². The summed E-state index contributed by atoms with van der Waals surface area (Å²) in [5, 5.41) is 9.10. The normalized spacial score (nSPS) is 10.4. The van der Waals surface area contributed by atoms with Crippen LogP contribution in [0.5, 0.6) is 0 Å². The number of carboxylic acids is 1. The van der Waals surface area contributed by atoms with Crippen molar-refractivity contribution in [3.05, 3.63) is 63.3 Å². The summed E-state index contributed by atoms with van der Waals surface area (Å²) in [7, 11) is 0. The highest BCUT2D eigenvalue weighted by molar-refractivity contribution is 5.88. The zero-order valence-electron chi connectivity index (χ0n) is 10.8. The Kier molecular flexibility index (Phi) is 3.46. The number of carbonyl (C=O) groups is 1. The average molecular weight is 258 g/mol. The number of hydrogen-bond donors (Lipinski definition) is 1. The number of rotatable bonds is 3. The molecule has 5 nitrogen and oxygen atoms in total. The van der Waals surface area contributed by atoms with E-state index in [4.69, 9.17) is 5.11 Å². The van der Waals surface area contributed by atoms with E-state index in [-0.39, 0.29) is 12.1 Å². The zero-order valence-corrected chi connectivity index (χ0v) is 10.8. The molecule has 0 spiro atoms. The predicted octanol–water partition coefficient (Wildman–Crippen LogP) is 1.61. The van der Waals surface area contributed by atoms with E-state index in [1.807, 2.05) is 6.07 Å². The van der Waals surface area contributed by atoms with E-state index in [0.717, 1.165) is 5.69 Å². The third kappa shape index (κ3) is 2.54. The lowest BCUT2D eigenvalue weighted by atomic mass is 10.1. The number of aromatic nitrogens is 2. The molecule has 5 heteroatoms. The fourth-order valence-corrected chi connectivity index (χ4v) is 2.04. The quantitative estimate of drug-likeness (QED) is 0.907. The molecule has 19 heavy (non-hydrogen) atoms. The molecule has 0 bridgehead atoms. The molecule has 0 amide bonds. The Labute approximate surface area is 110 Å². The molecule has 0 radical (unpaired) electrons. The summed E-state index contributed by atoms with van der Waals surface area (Å²) in [4.78, 5) is 27.5. The molecule has 0 aromatic carbocycles. The third-order valence-electron chi connectivity index (χ3n) is 2.96. The van der Waals surface area contributed by atoms with Crippen molar-refractivity contribution in [2.45, 2.75) is 20.4 Å². The molecule has 2 aromatic rings. The lowest BCUT2D eigenvalue weighted by molar-refractivity contribution is 0.0693. The van der Waals surface area contributed by atoms with Crippen molar-refractivity contribution in [2.75, 3.05) is 0 Å². The van der Waals surface area contributed by atoms with E-state index >= 15 is 0 Å². The van der Waals surface area contributed by atoms with Gasteiger partial charge in [-0.25, -0.2) is 4.79 Å². The number of hydrogen-bond acceptors (Lipinski definition) is 3. The molecule has 98 valence electrons. The molecular weight excluding hydrogens is 244 g/mol. The minimum absolute atomic E-state index is 0.179. The van der Waals surface area contributed by atoms with E-state index in [1.165, 1.54) is 4.57 Å². The van der Waals surface area contributed by atoms with Crippen molar-refractivity contribution in [1.82, 2.24) is 9.55 Å². The number of pyridine rings is 2. The molecular formula is C14H14N2O3.